The van der Waals surface area contributed by atoms with E-state index in [9.17, 15) is 0 Å². The van der Waals surface area contributed by atoms with Gasteiger partial charge in [-0.3, -0.25) is 4.90 Å². The molecule has 0 radical (unpaired) electrons. The molecule has 0 spiro atoms. The van der Waals surface area contributed by atoms with Gasteiger partial charge >= 0.3 is 0 Å². The molecule has 0 aliphatic carbocycles. The zero-order chi connectivity index (χ0) is 8.32. The van der Waals surface area contributed by atoms with Gasteiger partial charge in [0.05, 0.1) is 18.8 Å². The van der Waals surface area contributed by atoms with Crippen molar-refractivity contribution in [1.29, 1.82) is 0 Å². The third kappa shape index (κ3) is 1.81. The molecule has 1 rings (SSSR count). The summed E-state index contributed by atoms with van der Waals surface area (Å²) in [6, 6.07) is 0. The zero-order valence-electron chi connectivity index (χ0n) is 6.65. The molecule has 11 heavy (non-hydrogen) atoms. The number of morpholine rings is 1. The molecule has 1 saturated heterocycles. The summed E-state index contributed by atoms with van der Waals surface area (Å²) < 4.78 is 5.33. The van der Waals surface area contributed by atoms with E-state index in [-0.39, 0.29) is 5.54 Å². The molecule has 66 valence electrons. The van der Waals surface area contributed by atoms with Crippen molar-refractivity contribution in [3.8, 4) is 0 Å². The number of hydrogen-bond donors (Lipinski definition) is 0. The van der Waals surface area contributed by atoms with E-state index >= 15 is 0 Å². The predicted octanol–water partition coefficient (Wildman–Crippen LogP) is 1.16. The standard InChI is InChI=1S/C7H13Cl2NO/c1-10-2-3-11-6-7(10,4-8)5-9/h2-6H2,1H3. The fourth-order valence-electron chi connectivity index (χ4n) is 1.13. The highest BCUT2D eigenvalue weighted by molar-refractivity contribution is 6.22. The van der Waals surface area contributed by atoms with Crippen LogP contribution in [-0.4, -0.2) is 49.0 Å². The first-order valence-corrected chi connectivity index (χ1v) is 4.73. The van der Waals surface area contributed by atoms with Crippen LogP contribution in [0.5, 0.6) is 0 Å². The van der Waals surface area contributed by atoms with Gasteiger partial charge in [0.2, 0.25) is 0 Å². The lowest BCUT2D eigenvalue weighted by Gasteiger charge is -2.42. The van der Waals surface area contributed by atoms with Crippen LogP contribution in [0.25, 0.3) is 0 Å². The van der Waals surface area contributed by atoms with E-state index in [0.29, 0.717) is 18.4 Å². The Morgan fingerprint density at radius 3 is 2.45 bits per heavy atom. The molecule has 2 nitrogen and oxygen atoms in total. The van der Waals surface area contributed by atoms with Crippen molar-refractivity contribution in [1.82, 2.24) is 4.90 Å². The molecule has 0 aromatic rings. The van der Waals surface area contributed by atoms with Gasteiger partial charge in [0.25, 0.3) is 0 Å². The Labute approximate surface area is 77.4 Å². The lowest BCUT2D eigenvalue weighted by Crippen LogP contribution is -2.57. The largest absolute Gasteiger partial charge is 0.378 e. The zero-order valence-corrected chi connectivity index (χ0v) is 8.16. The van der Waals surface area contributed by atoms with Gasteiger partial charge in [-0.2, -0.15) is 0 Å². The number of alkyl halides is 2. The molecule has 1 fully saturated rings. The maximum Gasteiger partial charge on any atom is 0.0713 e. The first kappa shape index (κ1) is 9.59. The average molecular weight is 198 g/mol. The van der Waals surface area contributed by atoms with Crippen molar-refractivity contribution in [3.63, 3.8) is 0 Å². The number of halogens is 2. The Morgan fingerprint density at radius 1 is 1.45 bits per heavy atom. The number of rotatable bonds is 2. The summed E-state index contributed by atoms with van der Waals surface area (Å²) in [5.41, 5.74) is -0.138. The molecule has 1 heterocycles. The van der Waals surface area contributed by atoms with Gasteiger partial charge in [-0.15, -0.1) is 23.2 Å². The molecule has 0 amide bonds. The van der Waals surface area contributed by atoms with Crippen molar-refractivity contribution < 1.29 is 4.74 Å². The van der Waals surface area contributed by atoms with E-state index in [1.165, 1.54) is 0 Å². The molecule has 1 aliphatic heterocycles. The van der Waals surface area contributed by atoms with Crippen molar-refractivity contribution >= 4 is 23.2 Å². The van der Waals surface area contributed by atoms with E-state index in [4.69, 9.17) is 27.9 Å². The van der Waals surface area contributed by atoms with Crippen LogP contribution in [0.1, 0.15) is 0 Å². The first-order chi connectivity index (χ1) is 5.25. The molecule has 0 atom stereocenters. The highest BCUT2D eigenvalue weighted by atomic mass is 35.5. The van der Waals surface area contributed by atoms with Gasteiger partial charge in [0.1, 0.15) is 0 Å². The highest BCUT2D eigenvalue weighted by Crippen LogP contribution is 2.21. The quantitative estimate of drug-likeness (QED) is 0.617. The lowest BCUT2D eigenvalue weighted by molar-refractivity contribution is -0.0336. The number of ether oxygens (including phenoxy) is 1. The lowest BCUT2D eigenvalue weighted by atomic mass is 10.0. The summed E-state index contributed by atoms with van der Waals surface area (Å²) in [7, 11) is 2.04. The van der Waals surface area contributed by atoms with Crippen molar-refractivity contribution in [2.24, 2.45) is 0 Å². The second kappa shape index (κ2) is 3.94. The summed E-state index contributed by atoms with van der Waals surface area (Å²) in [5.74, 6) is 1.07. The van der Waals surface area contributed by atoms with E-state index in [2.05, 4.69) is 4.90 Å². The fourth-order valence-corrected chi connectivity index (χ4v) is 1.98. The monoisotopic (exact) mass is 197 g/mol. The van der Waals surface area contributed by atoms with Gasteiger partial charge in [0, 0.05) is 18.3 Å². The molecule has 4 heteroatoms. The van der Waals surface area contributed by atoms with Gasteiger partial charge in [-0.05, 0) is 7.05 Å². The molecule has 1 aliphatic rings. The van der Waals surface area contributed by atoms with Crippen molar-refractivity contribution in [3.05, 3.63) is 0 Å². The van der Waals surface area contributed by atoms with Crippen LogP contribution in [0.3, 0.4) is 0 Å². The fraction of sp³-hybridized carbons (Fsp3) is 1.00. The minimum Gasteiger partial charge on any atom is -0.378 e. The summed E-state index contributed by atoms with van der Waals surface area (Å²) in [4.78, 5) is 2.18. The second-order valence-corrected chi connectivity index (χ2v) is 3.50. The Morgan fingerprint density at radius 2 is 2.09 bits per heavy atom. The molecule has 0 saturated carbocycles. The van der Waals surface area contributed by atoms with Crippen LogP contribution in [0.15, 0.2) is 0 Å². The van der Waals surface area contributed by atoms with Gasteiger partial charge in [0.15, 0.2) is 0 Å². The van der Waals surface area contributed by atoms with E-state index < -0.39 is 0 Å². The molecular formula is C7H13Cl2NO. The Kier molecular flexibility index (Phi) is 3.44. The Bertz CT molecular complexity index is 128. The number of hydrogen-bond acceptors (Lipinski definition) is 2. The maximum atomic E-state index is 5.83. The summed E-state index contributed by atoms with van der Waals surface area (Å²) in [5, 5.41) is 0. The van der Waals surface area contributed by atoms with E-state index in [0.717, 1.165) is 13.2 Å². The van der Waals surface area contributed by atoms with Crippen LogP contribution in [-0.2, 0) is 4.74 Å². The molecule has 0 aromatic carbocycles. The maximum absolute atomic E-state index is 5.83. The molecule has 0 aromatic heterocycles. The normalized spacial score (nSPS) is 25.4. The summed E-state index contributed by atoms with van der Waals surface area (Å²) in [6.45, 7) is 2.35. The number of nitrogens with zero attached hydrogens (tertiary/aromatic N) is 1. The SMILES string of the molecule is CN1CCOCC1(CCl)CCl. The molecule has 0 unspecified atom stereocenters. The van der Waals surface area contributed by atoms with Gasteiger partial charge in [-0.1, -0.05) is 0 Å². The van der Waals surface area contributed by atoms with Crippen LogP contribution in [0.4, 0.5) is 0 Å². The summed E-state index contributed by atoms with van der Waals surface area (Å²) in [6.07, 6.45) is 0. The van der Waals surface area contributed by atoms with Crippen LogP contribution < -0.4 is 0 Å². The van der Waals surface area contributed by atoms with Gasteiger partial charge < -0.3 is 4.74 Å². The van der Waals surface area contributed by atoms with E-state index in [1.54, 1.807) is 0 Å². The first-order valence-electron chi connectivity index (χ1n) is 3.66. The minimum atomic E-state index is -0.138. The van der Waals surface area contributed by atoms with Crippen LogP contribution in [0.2, 0.25) is 0 Å². The highest BCUT2D eigenvalue weighted by Gasteiger charge is 2.35. The second-order valence-electron chi connectivity index (χ2n) is 2.97. The van der Waals surface area contributed by atoms with Gasteiger partial charge in [-0.25, -0.2) is 0 Å². The van der Waals surface area contributed by atoms with Crippen molar-refractivity contribution in [2.45, 2.75) is 5.54 Å². The molecular weight excluding hydrogens is 185 g/mol. The van der Waals surface area contributed by atoms with Crippen LogP contribution >= 0.6 is 23.2 Å². The summed E-state index contributed by atoms with van der Waals surface area (Å²) >= 11 is 11.7. The number of likely N-dealkylation sites (N-methyl/N-ethyl adjacent to an activating group) is 1. The average Bonchev–Trinajstić information content (AvgIpc) is 2.06. The Balaban J connectivity index is 2.61. The topological polar surface area (TPSA) is 12.5 Å². The van der Waals surface area contributed by atoms with E-state index in [1.807, 2.05) is 7.05 Å². The van der Waals surface area contributed by atoms with Crippen LogP contribution in [0, 0.1) is 0 Å². The predicted molar refractivity (Wildman–Crippen MR) is 47.6 cm³/mol. The third-order valence-electron chi connectivity index (χ3n) is 2.25. The smallest absolute Gasteiger partial charge is 0.0713 e. The third-order valence-corrected chi connectivity index (χ3v) is 3.24. The van der Waals surface area contributed by atoms with Crippen molar-refractivity contribution in [2.75, 3.05) is 38.6 Å². The molecule has 0 bridgehead atoms. The minimum absolute atomic E-state index is 0.138. The molecule has 0 N–H and O–H groups in total. The Hall–Kier alpha value is 0.500.